The SMILES string of the molecule is CCNc1ncc(C(=O)N2CCC(OCc3ccccn3)CC2)cn1. The second-order valence-electron chi connectivity index (χ2n) is 5.95. The molecule has 0 saturated carbocycles. The number of nitrogens with zero attached hydrogens (tertiary/aromatic N) is 4. The van der Waals surface area contributed by atoms with Gasteiger partial charge in [-0.1, -0.05) is 6.07 Å². The molecule has 1 aliphatic heterocycles. The number of pyridine rings is 1. The number of rotatable bonds is 6. The maximum Gasteiger partial charge on any atom is 0.256 e. The molecule has 0 bridgehead atoms. The number of hydrogen-bond donors (Lipinski definition) is 1. The van der Waals surface area contributed by atoms with Gasteiger partial charge in [-0.3, -0.25) is 9.78 Å². The molecule has 7 nitrogen and oxygen atoms in total. The minimum Gasteiger partial charge on any atom is -0.372 e. The first-order valence-corrected chi connectivity index (χ1v) is 8.63. The Balaban J connectivity index is 1.47. The molecule has 0 unspecified atom stereocenters. The standard InChI is InChI=1S/C18H23N5O2/c1-2-19-18-21-11-14(12-22-18)17(24)23-9-6-16(7-10-23)25-13-15-5-3-4-8-20-15/h3-5,8,11-12,16H,2,6-7,9-10,13H2,1H3,(H,19,21,22). The molecule has 2 aromatic rings. The van der Waals surface area contributed by atoms with Crippen LogP contribution in [0, 0.1) is 0 Å². The van der Waals surface area contributed by atoms with E-state index in [1.54, 1.807) is 18.6 Å². The Morgan fingerprint density at radius 2 is 2.00 bits per heavy atom. The molecule has 0 atom stereocenters. The Morgan fingerprint density at radius 1 is 1.24 bits per heavy atom. The normalized spacial score (nSPS) is 15.2. The van der Waals surface area contributed by atoms with E-state index in [4.69, 9.17) is 4.74 Å². The lowest BCUT2D eigenvalue weighted by Gasteiger charge is -2.31. The van der Waals surface area contributed by atoms with Gasteiger partial charge in [-0.05, 0) is 31.9 Å². The summed E-state index contributed by atoms with van der Waals surface area (Å²) in [4.78, 5) is 26.9. The summed E-state index contributed by atoms with van der Waals surface area (Å²) in [5, 5.41) is 3.02. The van der Waals surface area contributed by atoms with Crippen molar-refractivity contribution in [2.75, 3.05) is 25.0 Å². The highest BCUT2D eigenvalue weighted by Gasteiger charge is 2.24. The zero-order chi connectivity index (χ0) is 17.5. The minimum absolute atomic E-state index is 0.0220. The van der Waals surface area contributed by atoms with Gasteiger partial charge in [0.15, 0.2) is 0 Å². The van der Waals surface area contributed by atoms with Crippen LogP contribution in [0.1, 0.15) is 35.8 Å². The predicted molar refractivity (Wildman–Crippen MR) is 94.1 cm³/mol. The van der Waals surface area contributed by atoms with Gasteiger partial charge in [-0.2, -0.15) is 0 Å². The summed E-state index contributed by atoms with van der Waals surface area (Å²) < 4.78 is 5.91. The molecule has 7 heteroatoms. The van der Waals surface area contributed by atoms with Crippen molar-refractivity contribution >= 4 is 11.9 Å². The Morgan fingerprint density at radius 3 is 2.64 bits per heavy atom. The van der Waals surface area contributed by atoms with Crippen molar-refractivity contribution in [3.05, 3.63) is 48.0 Å². The number of carbonyl (C=O) groups excluding carboxylic acids is 1. The van der Waals surface area contributed by atoms with Crippen molar-refractivity contribution in [1.29, 1.82) is 0 Å². The van der Waals surface area contributed by atoms with Gasteiger partial charge in [-0.25, -0.2) is 9.97 Å². The molecular formula is C18H23N5O2. The number of ether oxygens (including phenoxy) is 1. The van der Waals surface area contributed by atoms with Gasteiger partial charge >= 0.3 is 0 Å². The number of nitrogens with one attached hydrogen (secondary N) is 1. The van der Waals surface area contributed by atoms with E-state index in [2.05, 4.69) is 20.3 Å². The first kappa shape index (κ1) is 17.3. The first-order valence-electron chi connectivity index (χ1n) is 8.63. The molecule has 132 valence electrons. The Hall–Kier alpha value is -2.54. The van der Waals surface area contributed by atoms with E-state index >= 15 is 0 Å². The van der Waals surface area contributed by atoms with E-state index in [0.717, 1.165) is 25.1 Å². The van der Waals surface area contributed by atoms with Crippen LogP contribution in [0.2, 0.25) is 0 Å². The van der Waals surface area contributed by atoms with Crippen LogP contribution >= 0.6 is 0 Å². The third-order valence-electron chi connectivity index (χ3n) is 4.16. The molecule has 25 heavy (non-hydrogen) atoms. The molecular weight excluding hydrogens is 318 g/mol. The number of piperidine rings is 1. The number of hydrogen-bond acceptors (Lipinski definition) is 6. The number of amides is 1. The van der Waals surface area contributed by atoms with Crippen LogP contribution in [0.25, 0.3) is 0 Å². The molecule has 0 spiro atoms. The third kappa shape index (κ3) is 4.73. The van der Waals surface area contributed by atoms with Crippen molar-refractivity contribution in [2.45, 2.75) is 32.5 Å². The smallest absolute Gasteiger partial charge is 0.256 e. The van der Waals surface area contributed by atoms with Crippen LogP contribution in [0.15, 0.2) is 36.8 Å². The summed E-state index contributed by atoms with van der Waals surface area (Å²) >= 11 is 0. The predicted octanol–water partition coefficient (Wildman–Crippen LogP) is 2.12. The molecule has 0 aliphatic carbocycles. The van der Waals surface area contributed by atoms with Gasteiger partial charge < -0.3 is 15.0 Å². The minimum atomic E-state index is -0.0220. The quantitative estimate of drug-likeness (QED) is 0.867. The molecule has 1 aliphatic rings. The van der Waals surface area contributed by atoms with Crippen LogP contribution < -0.4 is 5.32 Å². The summed E-state index contributed by atoms with van der Waals surface area (Å²) in [5.74, 6) is 0.520. The first-order chi connectivity index (χ1) is 12.3. The van der Waals surface area contributed by atoms with Gasteiger partial charge in [0.2, 0.25) is 5.95 Å². The highest BCUT2D eigenvalue weighted by molar-refractivity contribution is 5.93. The second-order valence-corrected chi connectivity index (χ2v) is 5.95. The van der Waals surface area contributed by atoms with Crippen LogP contribution in [0.3, 0.4) is 0 Å². The van der Waals surface area contributed by atoms with E-state index in [1.165, 1.54) is 0 Å². The van der Waals surface area contributed by atoms with E-state index in [0.29, 0.717) is 31.2 Å². The Kier molecular flexibility index (Phi) is 5.90. The van der Waals surface area contributed by atoms with E-state index < -0.39 is 0 Å². The fraction of sp³-hybridized carbons (Fsp3) is 0.444. The van der Waals surface area contributed by atoms with Crippen LogP contribution in [-0.4, -0.2) is 51.5 Å². The zero-order valence-corrected chi connectivity index (χ0v) is 14.4. The fourth-order valence-electron chi connectivity index (χ4n) is 2.78. The van der Waals surface area contributed by atoms with Crippen molar-refractivity contribution < 1.29 is 9.53 Å². The Labute approximate surface area is 147 Å². The monoisotopic (exact) mass is 341 g/mol. The maximum absolute atomic E-state index is 12.5. The molecule has 1 amide bonds. The fourth-order valence-corrected chi connectivity index (χ4v) is 2.78. The third-order valence-corrected chi connectivity index (χ3v) is 4.16. The van der Waals surface area contributed by atoms with E-state index in [-0.39, 0.29) is 12.0 Å². The summed E-state index contributed by atoms with van der Waals surface area (Å²) in [7, 11) is 0. The number of likely N-dealkylation sites (tertiary alicyclic amines) is 1. The molecule has 2 aromatic heterocycles. The van der Waals surface area contributed by atoms with Gasteiger partial charge in [0.25, 0.3) is 5.91 Å². The molecule has 3 rings (SSSR count). The lowest BCUT2D eigenvalue weighted by molar-refractivity contribution is -0.00162. The van der Waals surface area contributed by atoms with Crippen molar-refractivity contribution in [1.82, 2.24) is 19.9 Å². The molecule has 0 radical (unpaired) electrons. The summed E-state index contributed by atoms with van der Waals surface area (Å²) in [5.41, 5.74) is 1.45. The highest BCUT2D eigenvalue weighted by atomic mass is 16.5. The Bertz CT molecular complexity index is 670. The van der Waals surface area contributed by atoms with Gasteiger partial charge in [0.05, 0.1) is 24.0 Å². The maximum atomic E-state index is 12.5. The van der Waals surface area contributed by atoms with E-state index in [1.807, 2.05) is 30.0 Å². The van der Waals surface area contributed by atoms with Gasteiger partial charge in [0, 0.05) is 38.2 Å². The highest BCUT2D eigenvalue weighted by Crippen LogP contribution is 2.17. The lowest BCUT2D eigenvalue weighted by Crippen LogP contribution is -2.41. The lowest BCUT2D eigenvalue weighted by atomic mass is 10.1. The van der Waals surface area contributed by atoms with Crippen LogP contribution in [0.4, 0.5) is 5.95 Å². The molecule has 1 fully saturated rings. The average Bonchev–Trinajstić information content (AvgIpc) is 2.68. The summed E-state index contributed by atoms with van der Waals surface area (Å²) in [6.07, 6.45) is 6.75. The molecule has 1 saturated heterocycles. The number of anilines is 1. The van der Waals surface area contributed by atoms with Gasteiger partial charge in [0.1, 0.15) is 0 Å². The van der Waals surface area contributed by atoms with E-state index in [9.17, 15) is 4.79 Å². The van der Waals surface area contributed by atoms with Gasteiger partial charge in [-0.15, -0.1) is 0 Å². The van der Waals surface area contributed by atoms with Crippen LogP contribution in [-0.2, 0) is 11.3 Å². The topological polar surface area (TPSA) is 80.2 Å². The van der Waals surface area contributed by atoms with Crippen LogP contribution in [0.5, 0.6) is 0 Å². The zero-order valence-electron chi connectivity index (χ0n) is 14.4. The number of carbonyl (C=O) groups is 1. The second kappa shape index (κ2) is 8.53. The van der Waals surface area contributed by atoms with Crippen molar-refractivity contribution in [3.63, 3.8) is 0 Å². The van der Waals surface area contributed by atoms with Crippen molar-refractivity contribution in [2.24, 2.45) is 0 Å². The van der Waals surface area contributed by atoms with Crippen molar-refractivity contribution in [3.8, 4) is 0 Å². The summed E-state index contributed by atoms with van der Waals surface area (Å²) in [6.45, 7) is 4.60. The molecule has 3 heterocycles. The summed E-state index contributed by atoms with van der Waals surface area (Å²) in [6, 6.07) is 5.80. The average molecular weight is 341 g/mol. The molecule has 0 aromatic carbocycles. The molecule has 1 N–H and O–H groups in total. The largest absolute Gasteiger partial charge is 0.372 e. The number of aromatic nitrogens is 3.